The van der Waals surface area contributed by atoms with Gasteiger partial charge in [-0.25, -0.2) is 0 Å². The minimum absolute atomic E-state index is 0.821. The second-order valence-electron chi connectivity index (χ2n) is 1.75. The quantitative estimate of drug-likeness (QED) is 0.704. The maximum Gasteiger partial charge on any atom is 0.0950 e. The molecule has 1 N–H and O–H groups in total. The van der Waals surface area contributed by atoms with Gasteiger partial charge in [-0.15, -0.1) is 11.3 Å². The fraction of sp³-hybridized carbons (Fsp3) is 0.333. The van der Waals surface area contributed by atoms with Crippen LogP contribution in [0, 0.1) is 0 Å². The molecule has 0 aromatic carbocycles. The van der Waals surface area contributed by atoms with Crippen LogP contribution in [0.15, 0.2) is 12.1 Å². The molecule has 0 spiro atoms. The number of halogens is 1. The van der Waals surface area contributed by atoms with Crippen molar-refractivity contribution in [1.29, 1.82) is 0 Å². The van der Waals surface area contributed by atoms with E-state index in [1.165, 1.54) is 0 Å². The van der Waals surface area contributed by atoms with Crippen LogP contribution in [0.3, 0.4) is 0 Å². The molecule has 0 aliphatic heterocycles. The first-order valence-electron chi connectivity index (χ1n) is 2.93. The summed E-state index contributed by atoms with van der Waals surface area (Å²) in [6.07, 6.45) is 0. The Balaban J connectivity index is 2.42. The van der Waals surface area contributed by atoms with Gasteiger partial charge in [0, 0.05) is 12.3 Å². The van der Waals surface area contributed by atoms with Crippen LogP contribution in [0.1, 0.15) is 0 Å². The molecule has 0 saturated heterocycles. The molecular weight excluding hydrogens is 186 g/mol. The summed E-state index contributed by atoms with van der Waals surface area (Å²) < 4.78 is 0.821. The summed E-state index contributed by atoms with van der Waals surface area (Å²) in [6.45, 7) is 0.889. The molecule has 1 heterocycles. The van der Waals surface area contributed by atoms with E-state index in [2.05, 4.69) is 17.9 Å². The maximum atomic E-state index is 5.70. The van der Waals surface area contributed by atoms with E-state index in [-0.39, 0.29) is 0 Å². The van der Waals surface area contributed by atoms with Crippen LogP contribution < -0.4 is 5.32 Å². The monoisotopic (exact) mass is 193 g/mol. The van der Waals surface area contributed by atoms with Gasteiger partial charge in [0.2, 0.25) is 0 Å². The van der Waals surface area contributed by atoms with E-state index >= 15 is 0 Å². The molecule has 4 heteroatoms. The molecule has 0 amide bonds. The molecular formula is C6H8ClNS2. The molecule has 0 aliphatic carbocycles. The van der Waals surface area contributed by atoms with Crippen LogP contribution in [0.2, 0.25) is 4.34 Å². The van der Waals surface area contributed by atoms with Crippen LogP contribution in [0.25, 0.3) is 0 Å². The van der Waals surface area contributed by atoms with E-state index in [0.29, 0.717) is 0 Å². The molecule has 0 fully saturated rings. The summed E-state index contributed by atoms with van der Waals surface area (Å²) in [4.78, 5) is 0. The Morgan fingerprint density at radius 1 is 1.60 bits per heavy atom. The van der Waals surface area contributed by atoms with Gasteiger partial charge >= 0.3 is 0 Å². The highest BCUT2D eigenvalue weighted by Crippen LogP contribution is 2.25. The summed E-state index contributed by atoms with van der Waals surface area (Å²) >= 11 is 11.3. The Morgan fingerprint density at radius 3 is 2.90 bits per heavy atom. The number of anilines is 1. The number of nitrogens with one attached hydrogen (secondary N) is 1. The normalized spacial score (nSPS) is 9.80. The van der Waals surface area contributed by atoms with Gasteiger partial charge in [0.05, 0.1) is 9.34 Å². The van der Waals surface area contributed by atoms with Gasteiger partial charge in [0.1, 0.15) is 0 Å². The van der Waals surface area contributed by atoms with E-state index in [0.717, 1.165) is 21.6 Å². The molecule has 0 bridgehead atoms. The van der Waals surface area contributed by atoms with E-state index in [1.807, 2.05) is 12.1 Å². The number of rotatable bonds is 3. The molecule has 0 unspecified atom stereocenters. The molecule has 1 aromatic heterocycles. The maximum absolute atomic E-state index is 5.70. The molecule has 56 valence electrons. The minimum atomic E-state index is 0.821. The van der Waals surface area contributed by atoms with E-state index in [1.54, 1.807) is 11.3 Å². The predicted molar refractivity (Wildman–Crippen MR) is 51.7 cm³/mol. The van der Waals surface area contributed by atoms with Gasteiger partial charge in [-0.3, -0.25) is 0 Å². The van der Waals surface area contributed by atoms with Gasteiger partial charge in [-0.1, -0.05) is 11.6 Å². The molecule has 1 nitrogen and oxygen atoms in total. The zero-order chi connectivity index (χ0) is 7.40. The Bertz CT molecular complexity index is 199. The van der Waals surface area contributed by atoms with Crippen molar-refractivity contribution < 1.29 is 0 Å². The van der Waals surface area contributed by atoms with E-state index in [9.17, 15) is 0 Å². The zero-order valence-electron chi connectivity index (χ0n) is 5.30. The first-order chi connectivity index (χ1) is 4.83. The lowest BCUT2D eigenvalue weighted by molar-refractivity contribution is 1.25. The van der Waals surface area contributed by atoms with Crippen LogP contribution in [0.4, 0.5) is 5.00 Å². The fourth-order valence-corrected chi connectivity index (χ4v) is 1.67. The van der Waals surface area contributed by atoms with Crippen molar-refractivity contribution in [3.05, 3.63) is 16.5 Å². The molecule has 10 heavy (non-hydrogen) atoms. The van der Waals surface area contributed by atoms with Crippen LogP contribution in [-0.4, -0.2) is 12.3 Å². The van der Waals surface area contributed by atoms with E-state index < -0.39 is 0 Å². The third-order valence-electron chi connectivity index (χ3n) is 0.984. The lowest BCUT2D eigenvalue weighted by Gasteiger charge is -1.96. The number of thiol groups is 1. The highest BCUT2D eigenvalue weighted by atomic mass is 35.5. The summed E-state index contributed by atoms with van der Waals surface area (Å²) in [7, 11) is 0. The van der Waals surface area contributed by atoms with E-state index in [4.69, 9.17) is 11.6 Å². The molecule has 0 atom stereocenters. The smallest absolute Gasteiger partial charge is 0.0950 e. The summed E-state index contributed by atoms with van der Waals surface area (Å²) in [5.41, 5.74) is 0. The fourth-order valence-electron chi connectivity index (χ4n) is 0.588. The van der Waals surface area contributed by atoms with Crippen molar-refractivity contribution in [3.63, 3.8) is 0 Å². The predicted octanol–water partition coefficient (Wildman–Crippen LogP) is 2.74. The zero-order valence-corrected chi connectivity index (χ0v) is 7.77. The second kappa shape index (κ2) is 4.11. The minimum Gasteiger partial charge on any atom is -0.376 e. The van der Waals surface area contributed by atoms with Crippen molar-refractivity contribution in [2.45, 2.75) is 0 Å². The average Bonchev–Trinajstić information content (AvgIpc) is 2.31. The summed E-state index contributed by atoms with van der Waals surface area (Å²) in [6, 6.07) is 3.85. The Labute approximate surface area is 74.8 Å². The van der Waals surface area contributed by atoms with Crippen LogP contribution >= 0.6 is 35.6 Å². The molecule has 0 aliphatic rings. The SMILES string of the molecule is SCCNc1ccc(Cl)s1. The lowest BCUT2D eigenvalue weighted by Crippen LogP contribution is -1.99. The average molecular weight is 194 g/mol. The molecule has 0 radical (unpaired) electrons. The van der Waals surface area contributed by atoms with Gasteiger partial charge in [0.25, 0.3) is 0 Å². The Morgan fingerprint density at radius 2 is 2.40 bits per heavy atom. The number of hydrogen-bond donors (Lipinski definition) is 2. The molecule has 0 saturated carbocycles. The van der Waals surface area contributed by atoms with Crippen molar-refractivity contribution in [1.82, 2.24) is 0 Å². The highest BCUT2D eigenvalue weighted by molar-refractivity contribution is 7.80. The van der Waals surface area contributed by atoms with Gasteiger partial charge in [-0.05, 0) is 12.1 Å². The number of thiophene rings is 1. The lowest BCUT2D eigenvalue weighted by atomic mass is 10.6. The number of hydrogen-bond acceptors (Lipinski definition) is 3. The van der Waals surface area contributed by atoms with Gasteiger partial charge < -0.3 is 5.32 Å². The third-order valence-corrected chi connectivity index (χ3v) is 2.40. The summed E-state index contributed by atoms with van der Waals surface area (Å²) in [5.74, 6) is 0.843. The van der Waals surface area contributed by atoms with Gasteiger partial charge in [0.15, 0.2) is 0 Å². The highest BCUT2D eigenvalue weighted by Gasteiger charge is 1.93. The molecule has 1 aromatic rings. The van der Waals surface area contributed by atoms with Crippen LogP contribution in [0.5, 0.6) is 0 Å². The molecule has 1 rings (SSSR count). The Kier molecular flexibility index (Phi) is 3.39. The largest absolute Gasteiger partial charge is 0.376 e. The second-order valence-corrected chi connectivity index (χ2v) is 3.92. The standard InChI is InChI=1S/C6H8ClNS2/c7-5-1-2-6(10-5)8-3-4-9/h1-2,8-9H,3-4H2. The first kappa shape index (κ1) is 8.24. The van der Waals surface area contributed by atoms with Crippen molar-refractivity contribution >= 4 is 40.6 Å². The van der Waals surface area contributed by atoms with Crippen molar-refractivity contribution in [3.8, 4) is 0 Å². The Hall–Kier alpha value is 0.140. The summed E-state index contributed by atoms with van der Waals surface area (Å²) in [5, 5.41) is 4.28. The third kappa shape index (κ3) is 2.40. The first-order valence-corrected chi connectivity index (χ1v) is 4.75. The van der Waals surface area contributed by atoms with Gasteiger partial charge in [-0.2, -0.15) is 12.6 Å². The topological polar surface area (TPSA) is 12.0 Å². The van der Waals surface area contributed by atoms with Crippen molar-refractivity contribution in [2.24, 2.45) is 0 Å². The van der Waals surface area contributed by atoms with Crippen molar-refractivity contribution in [2.75, 3.05) is 17.6 Å². The van der Waals surface area contributed by atoms with Crippen LogP contribution in [-0.2, 0) is 0 Å².